The van der Waals surface area contributed by atoms with Crippen LogP contribution in [0.3, 0.4) is 0 Å². The van der Waals surface area contributed by atoms with Gasteiger partial charge in [-0.3, -0.25) is 0 Å². The van der Waals surface area contributed by atoms with Crippen molar-refractivity contribution in [3.05, 3.63) is 67.4 Å². The average Bonchev–Trinajstić information content (AvgIpc) is 2.38. The van der Waals surface area contributed by atoms with Gasteiger partial charge in [-0.05, 0) is 65.3 Å². The molecule has 0 saturated heterocycles. The fourth-order valence-electron chi connectivity index (χ4n) is 2.20. The Balaban J connectivity index is 2.55. The summed E-state index contributed by atoms with van der Waals surface area (Å²) in [5.74, 6) is -0.310. The Morgan fingerprint density at radius 2 is 1.85 bits per heavy atom. The first-order valence-electron chi connectivity index (χ1n) is 6.01. The van der Waals surface area contributed by atoms with E-state index in [0.29, 0.717) is 20.1 Å². The quantitative estimate of drug-likeness (QED) is 0.696. The third kappa shape index (κ3) is 3.17. The molecule has 1 N–H and O–H groups in total. The van der Waals surface area contributed by atoms with Crippen LogP contribution in [0.2, 0.25) is 10.0 Å². The van der Waals surface area contributed by atoms with Gasteiger partial charge in [0.1, 0.15) is 5.82 Å². The van der Waals surface area contributed by atoms with Crippen molar-refractivity contribution in [2.45, 2.75) is 13.0 Å². The lowest BCUT2D eigenvalue weighted by atomic mass is 9.95. The van der Waals surface area contributed by atoms with Gasteiger partial charge >= 0.3 is 0 Å². The first-order chi connectivity index (χ1) is 9.43. The predicted octanol–water partition coefficient (Wildman–Crippen LogP) is 5.51. The summed E-state index contributed by atoms with van der Waals surface area (Å²) < 4.78 is 14.8. The highest BCUT2D eigenvalue weighted by Crippen LogP contribution is 2.33. The summed E-state index contributed by atoms with van der Waals surface area (Å²) in [5.41, 5.74) is 2.47. The van der Waals surface area contributed by atoms with Crippen LogP contribution in [0.1, 0.15) is 22.7 Å². The molecule has 0 heterocycles. The maximum absolute atomic E-state index is 14.2. The highest BCUT2D eigenvalue weighted by atomic mass is 79.9. The minimum absolute atomic E-state index is 0.280. The van der Waals surface area contributed by atoms with Crippen LogP contribution in [-0.2, 0) is 0 Å². The van der Waals surface area contributed by atoms with E-state index in [2.05, 4.69) is 21.2 Å². The van der Waals surface area contributed by atoms with E-state index in [9.17, 15) is 4.39 Å². The molecule has 0 spiro atoms. The minimum atomic E-state index is -0.310. The maximum Gasteiger partial charge on any atom is 0.129 e. The molecule has 0 bridgehead atoms. The van der Waals surface area contributed by atoms with Crippen molar-refractivity contribution in [3.63, 3.8) is 0 Å². The molecular weight excluding hydrogens is 364 g/mol. The van der Waals surface area contributed by atoms with E-state index in [1.165, 1.54) is 6.07 Å². The van der Waals surface area contributed by atoms with Crippen molar-refractivity contribution < 1.29 is 4.39 Å². The number of aryl methyl sites for hydroxylation is 1. The molecule has 2 rings (SSSR count). The van der Waals surface area contributed by atoms with Gasteiger partial charge in [0, 0.05) is 15.1 Å². The Morgan fingerprint density at radius 1 is 1.15 bits per heavy atom. The number of rotatable bonds is 3. The van der Waals surface area contributed by atoms with E-state index < -0.39 is 0 Å². The molecule has 0 amide bonds. The van der Waals surface area contributed by atoms with Gasteiger partial charge in [-0.1, -0.05) is 29.3 Å². The van der Waals surface area contributed by atoms with Crippen molar-refractivity contribution in [3.8, 4) is 0 Å². The van der Waals surface area contributed by atoms with E-state index in [1.54, 1.807) is 19.2 Å². The highest BCUT2D eigenvalue weighted by molar-refractivity contribution is 9.10. The zero-order valence-electron chi connectivity index (χ0n) is 11.0. The fraction of sp³-hybridized carbons (Fsp3) is 0.200. The SMILES string of the molecule is CNC(c1ccc(Cl)cc1C)c1cc(Cl)c(Br)cc1F. The van der Waals surface area contributed by atoms with Gasteiger partial charge in [-0.25, -0.2) is 4.39 Å². The number of benzene rings is 2. The van der Waals surface area contributed by atoms with Gasteiger partial charge < -0.3 is 5.32 Å². The average molecular weight is 377 g/mol. The van der Waals surface area contributed by atoms with Gasteiger partial charge in [0.2, 0.25) is 0 Å². The number of halogens is 4. The zero-order valence-corrected chi connectivity index (χ0v) is 14.1. The van der Waals surface area contributed by atoms with Crippen LogP contribution in [0, 0.1) is 12.7 Å². The second kappa shape index (κ2) is 6.44. The summed E-state index contributed by atoms with van der Waals surface area (Å²) in [4.78, 5) is 0. The molecule has 5 heteroatoms. The van der Waals surface area contributed by atoms with Gasteiger partial charge in [0.15, 0.2) is 0 Å². The molecule has 2 aromatic carbocycles. The minimum Gasteiger partial charge on any atom is -0.309 e. The van der Waals surface area contributed by atoms with Crippen LogP contribution in [-0.4, -0.2) is 7.05 Å². The largest absolute Gasteiger partial charge is 0.309 e. The summed E-state index contributed by atoms with van der Waals surface area (Å²) in [6, 6.07) is 8.29. The Kier molecular flexibility index (Phi) is 5.08. The van der Waals surface area contributed by atoms with Gasteiger partial charge in [-0.2, -0.15) is 0 Å². The van der Waals surface area contributed by atoms with Gasteiger partial charge in [0.05, 0.1) is 11.1 Å². The van der Waals surface area contributed by atoms with Crippen LogP contribution in [0.4, 0.5) is 4.39 Å². The first-order valence-corrected chi connectivity index (χ1v) is 7.56. The fourth-order valence-corrected chi connectivity index (χ4v) is 2.91. The van der Waals surface area contributed by atoms with Crippen molar-refractivity contribution in [1.29, 1.82) is 0 Å². The zero-order chi connectivity index (χ0) is 14.9. The van der Waals surface area contributed by atoms with E-state index in [0.717, 1.165) is 11.1 Å². The van der Waals surface area contributed by atoms with Crippen LogP contribution < -0.4 is 5.32 Å². The Labute approximate surface area is 136 Å². The monoisotopic (exact) mass is 375 g/mol. The topological polar surface area (TPSA) is 12.0 Å². The first kappa shape index (κ1) is 15.8. The van der Waals surface area contributed by atoms with Crippen molar-refractivity contribution in [2.75, 3.05) is 7.05 Å². The molecule has 2 aromatic rings. The second-order valence-corrected chi connectivity index (χ2v) is 6.21. The molecule has 0 saturated carbocycles. The van der Waals surface area contributed by atoms with Crippen LogP contribution in [0.25, 0.3) is 0 Å². The molecule has 0 aliphatic carbocycles. The predicted molar refractivity (Wildman–Crippen MR) is 86.2 cm³/mol. The summed E-state index contributed by atoms with van der Waals surface area (Å²) in [6.07, 6.45) is 0. The van der Waals surface area contributed by atoms with Crippen molar-refractivity contribution in [2.24, 2.45) is 0 Å². The van der Waals surface area contributed by atoms with Gasteiger partial charge in [0.25, 0.3) is 0 Å². The Hall–Kier alpha value is -0.610. The lowest BCUT2D eigenvalue weighted by molar-refractivity contribution is 0.574. The van der Waals surface area contributed by atoms with Crippen LogP contribution >= 0.6 is 39.1 Å². The van der Waals surface area contributed by atoms with E-state index in [-0.39, 0.29) is 11.9 Å². The van der Waals surface area contributed by atoms with Crippen molar-refractivity contribution >= 4 is 39.1 Å². The molecule has 106 valence electrons. The number of hydrogen-bond donors (Lipinski definition) is 1. The molecule has 0 aromatic heterocycles. The number of nitrogens with one attached hydrogen (secondary N) is 1. The number of hydrogen-bond acceptors (Lipinski definition) is 1. The van der Waals surface area contributed by atoms with Crippen LogP contribution in [0.15, 0.2) is 34.8 Å². The lowest BCUT2D eigenvalue weighted by Gasteiger charge is -2.20. The second-order valence-electron chi connectivity index (χ2n) is 4.51. The Morgan fingerprint density at radius 3 is 2.45 bits per heavy atom. The molecule has 1 unspecified atom stereocenters. The normalized spacial score (nSPS) is 12.5. The van der Waals surface area contributed by atoms with E-state index in [1.807, 2.05) is 19.1 Å². The molecule has 0 radical (unpaired) electrons. The smallest absolute Gasteiger partial charge is 0.129 e. The van der Waals surface area contributed by atoms with Crippen LogP contribution in [0.5, 0.6) is 0 Å². The summed E-state index contributed by atoms with van der Waals surface area (Å²) >= 11 is 15.3. The van der Waals surface area contributed by atoms with E-state index in [4.69, 9.17) is 23.2 Å². The molecule has 1 atom stereocenters. The lowest BCUT2D eigenvalue weighted by Crippen LogP contribution is -2.20. The standard InChI is InChI=1S/C15H13BrCl2FN/c1-8-5-9(17)3-4-10(8)15(20-2)11-6-13(18)12(16)7-14(11)19/h3-7,15,20H,1-2H3. The Bertz CT molecular complexity index is 646. The molecule has 1 nitrogen and oxygen atoms in total. The highest BCUT2D eigenvalue weighted by Gasteiger charge is 2.19. The van der Waals surface area contributed by atoms with Crippen molar-refractivity contribution in [1.82, 2.24) is 5.32 Å². The molecular formula is C15H13BrCl2FN. The third-order valence-corrected chi connectivity index (χ3v) is 4.61. The molecule has 0 aliphatic rings. The maximum atomic E-state index is 14.2. The summed E-state index contributed by atoms with van der Waals surface area (Å²) in [5, 5.41) is 4.27. The summed E-state index contributed by atoms with van der Waals surface area (Å²) in [7, 11) is 1.79. The molecule has 20 heavy (non-hydrogen) atoms. The van der Waals surface area contributed by atoms with Gasteiger partial charge in [-0.15, -0.1) is 0 Å². The third-order valence-electron chi connectivity index (χ3n) is 3.18. The molecule has 0 fully saturated rings. The van der Waals surface area contributed by atoms with E-state index >= 15 is 0 Å². The molecule has 0 aliphatic heterocycles. The summed E-state index contributed by atoms with van der Waals surface area (Å²) in [6.45, 7) is 1.95.